The van der Waals surface area contributed by atoms with Gasteiger partial charge in [-0.05, 0) is 32.0 Å². The molecule has 26 heavy (non-hydrogen) atoms. The van der Waals surface area contributed by atoms with Gasteiger partial charge in [-0.2, -0.15) is 5.10 Å². The number of nitrogens with zero attached hydrogens (tertiary/aromatic N) is 4. The molecule has 1 N–H and O–H groups in total. The number of aryl methyl sites for hydroxylation is 2. The fourth-order valence-corrected chi connectivity index (χ4v) is 2.66. The quantitative estimate of drug-likeness (QED) is 0.696. The summed E-state index contributed by atoms with van der Waals surface area (Å²) in [6.07, 6.45) is 0.0270. The molecule has 0 radical (unpaired) electrons. The minimum absolute atomic E-state index is 0.0270. The normalized spacial score (nSPS) is 10.7. The highest BCUT2D eigenvalue weighted by Crippen LogP contribution is 2.28. The van der Waals surface area contributed by atoms with Gasteiger partial charge in [-0.15, -0.1) is 10.2 Å². The van der Waals surface area contributed by atoms with Crippen LogP contribution in [0.4, 0.5) is 0 Å². The second-order valence-electron chi connectivity index (χ2n) is 5.88. The number of para-hydroxylation sites is 1. The monoisotopic (exact) mass is 355 g/mol. The van der Waals surface area contributed by atoms with Crippen molar-refractivity contribution < 1.29 is 13.9 Å². The third-order valence-electron chi connectivity index (χ3n) is 3.87. The molecule has 8 heteroatoms. The number of aromatic nitrogens is 4. The minimum atomic E-state index is -0.179. The van der Waals surface area contributed by atoms with E-state index in [4.69, 9.17) is 9.15 Å². The molecule has 0 atom stereocenters. The topological polar surface area (TPSA) is 95.1 Å². The van der Waals surface area contributed by atoms with Crippen LogP contribution in [0, 0.1) is 13.8 Å². The molecular weight excluding hydrogens is 334 g/mol. The largest absolute Gasteiger partial charge is 0.496 e. The second-order valence-corrected chi connectivity index (χ2v) is 5.88. The van der Waals surface area contributed by atoms with E-state index in [9.17, 15) is 4.79 Å². The van der Waals surface area contributed by atoms with Crippen LogP contribution in [0.2, 0.25) is 0 Å². The second kappa shape index (κ2) is 7.81. The number of rotatable bonds is 7. The van der Waals surface area contributed by atoms with Crippen LogP contribution in [-0.2, 0) is 17.8 Å². The Morgan fingerprint density at radius 3 is 2.81 bits per heavy atom. The first-order valence-electron chi connectivity index (χ1n) is 8.30. The Morgan fingerprint density at radius 2 is 2.08 bits per heavy atom. The maximum Gasteiger partial charge on any atom is 0.251 e. The van der Waals surface area contributed by atoms with Gasteiger partial charge in [-0.25, -0.2) is 0 Å². The highest BCUT2D eigenvalue weighted by molar-refractivity contribution is 5.77. The van der Waals surface area contributed by atoms with Gasteiger partial charge >= 0.3 is 0 Å². The van der Waals surface area contributed by atoms with Crippen molar-refractivity contribution in [2.24, 2.45) is 0 Å². The van der Waals surface area contributed by atoms with Gasteiger partial charge < -0.3 is 14.5 Å². The number of nitrogens with one attached hydrogen (secondary N) is 1. The first-order chi connectivity index (χ1) is 12.6. The zero-order valence-electron chi connectivity index (χ0n) is 15.0. The van der Waals surface area contributed by atoms with Gasteiger partial charge in [0.15, 0.2) is 0 Å². The van der Waals surface area contributed by atoms with E-state index in [0.29, 0.717) is 30.3 Å². The number of hydrogen-bond donors (Lipinski definition) is 1. The van der Waals surface area contributed by atoms with Crippen LogP contribution in [0.25, 0.3) is 11.5 Å². The Kier molecular flexibility index (Phi) is 5.31. The fraction of sp³-hybridized carbons (Fsp3) is 0.333. The van der Waals surface area contributed by atoms with E-state index in [0.717, 1.165) is 11.4 Å². The van der Waals surface area contributed by atoms with E-state index >= 15 is 0 Å². The Balaban J connectivity index is 1.55. The Labute approximate surface area is 151 Å². The SMILES string of the molecule is COc1ccccc1-c1nnc(CC(=O)NCCn2nc(C)cc2C)o1. The maximum atomic E-state index is 12.1. The van der Waals surface area contributed by atoms with Crippen LogP contribution in [-0.4, -0.2) is 39.5 Å². The molecule has 8 nitrogen and oxygen atoms in total. The lowest BCUT2D eigenvalue weighted by atomic mass is 10.2. The summed E-state index contributed by atoms with van der Waals surface area (Å²) in [5.74, 6) is 1.04. The van der Waals surface area contributed by atoms with Crippen LogP contribution in [0.5, 0.6) is 5.75 Å². The van der Waals surface area contributed by atoms with Gasteiger partial charge in [-0.1, -0.05) is 12.1 Å². The van der Waals surface area contributed by atoms with E-state index in [-0.39, 0.29) is 18.2 Å². The number of ether oxygens (including phenoxy) is 1. The number of hydrogen-bond acceptors (Lipinski definition) is 6. The zero-order valence-corrected chi connectivity index (χ0v) is 15.0. The molecule has 0 aliphatic rings. The molecule has 0 saturated heterocycles. The number of carbonyl (C=O) groups is 1. The first kappa shape index (κ1) is 17.7. The fourth-order valence-electron chi connectivity index (χ4n) is 2.66. The summed E-state index contributed by atoms with van der Waals surface area (Å²) < 4.78 is 12.7. The van der Waals surface area contributed by atoms with Crippen LogP contribution in [0.3, 0.4) is 0 Å². The van der Waals surface area contributed by atoms with E-state index < -0.39 is 0 Å². The van der Waals surface area contributed by atoms with Gasteiger partial charge in [0.2, 0.25) is 11.8 Å². The zero-order chi connectivity index (χ0) is 18.5. The van der Waals surface area contributed by atoms with Crippen molar-refractivity contribution in [3.63, 3.8) is 0 Å². The highest BCUT2D eigenvalue weighted by Gasteiger charge is 2.15. The summed E-state index contributed by atoms with van der Waals surface area (Å²) in [6, 6.07) is 9.35. The molecule has 1 aromatic carbocycles. The van der Waals surface area contributed by atoms with Crippen molar-refractivity contribution in [1.29, 1.82) is 0 Å². The number of amides is 1. The molecular formula is C18H21N5O3. The smallest absolute Gasteiger partial charge is 0.251 e. The number of methoxy groups -OCH3 is 1. The average molecular weight is 355 g/mol. The van der Waals surface area contributed by atoms with Crippen LogP contribution in [0.1, 0.15) is 17.3 Å². The molecule has 0 bridgehead atoms. The average Bonchev–Trinajstić information content (AvgIpc) is 3.21. The van der Waals surface area contributed by atoms with Crippen molar-refractivity contribution in [2.75, 3.05) is 13.7 Å². The maximum absolute atomic E-state index is 12.1. The molecule has 2 aromatic heterocycles. The van der Waals surface area contributed by atoms with E-state index in [1.807, 2.05) is 48.9 Å². The van der Waals surface area contributed by atoms with Gasteiger partial charge in [0, 0.05) is 12.2 Å². The molecule has 3 aromatic rings. The molecule has 0 fully saturated rings. The lowest BCUT2D eigenvalue weighted by Crippen LogP contribution is -2.29. The summed E-state index contributed by atoms with van der Waals surface area (Å²) in [5, 5.41) is 15.1. The Bertz CT molecular complexity index is 900. The molecule has 0 spiro atoms. The minimum Gasteiger partial charge on any atom is -0.496 e. The molecule has 1 amide bonds. The van der Waals surface area contributed by atoms with Crippen LogP contribution < -0.4 is 10.1 Å². The molecule has 3 rings (SSSR count). The molecule has 136 valence electrons. The highest BCUT2D eigenvalue weighted by atomic mass is 16.5. The summed E-state index contributed by atoms with van der Waals surface area (Å²) in [5.41, 5.74) is 2.72. The van der Waals surface area contributed by atoms with E-state index in [1.165, 1.54) is 0 Å². The lowest BCUT2D eigenvalue weighted by Gasteiger charge is -2.06. The molecule has 2 heterocycles. The van der Waals surface area contributed by atoms with Gasteiger partial charge in [0.1, 0.15) is 12.2 Å². The van der Waals surface area contributed by atoms with Crippen LogP contribution >= 0.6 is 0 Å². The predicted molar refractivity (Wildman–Crippen MR) is 94.7 cm³/mol. The number of benzene rings is 1. The summed E-state index contributed by atoms with van der Waals surface area (Å²) >= 11 is 0. The Morgan fingerprint density at radius 1 is 1.27 bits per heavy atom. The van der Waals surface area contributed by atoms with Gasteiger partial charge in [-0.3, -0.25) is 9.48 Å². The van der Waals surface area contributed by atoms with Crippen molar-refractivity contribution in [1.82, 2.24) is 25.3 Å². The molecule has 0 saturated carbocycles. The van der Waals surface area contributed by atoms with Crippen molar-refractivity contribution in [3.05, 3.63) is 47.6 Å². The van der Waals surface area contributed by atoms with Gasteiger partial charge in [0.25, 0.3) is 5.89 Å². The summed E-state index contributed by atoms with van der Waals surface area (Å²) in [6.45, 7) is 5.02. The molecule has 0 aliphatic carbocycles. The molecule has 0 aliphatic heterocycles. The van der Waals surface area contributed by atoms with Crippen molar-refractivity contribution >= 4 is 5.91 Å². The Hall–Kier alpha value is -3.16. The van der Waals surface area contributed by atoms with Crippen molar-refractivity contribution in [2.45, 2.75) is 26.8 Å². The standard InChI is InChI=1S/C18H21N5O3/c1-12-10-13(2)23(22-12)9-8-19-16(24)11-17-20-21-18(26-17)14-6-4-5-7-15(14)25-3/h4-7,10H,8-9,11H2,1-3H3,(H,19,24). The number of carbonyl (C=O) groups excluding carboxylic acids is 1. The third kappa shape index (κ3) is 4.08. The molecule has 0 unspecified atom stereocenters. The van der Waals surface area contributed by atoms with Crippen molar-refractivity contribution in [3.8, 4) is 17.2 Å². The van der Waals surface area contributed by atoms with E-state index in [2.05, 4.69) is 20.6 Å². The van der Waals surface area contributed by atoms with Crippen LogP contribution in [0.15, 0.2) is 34.7 Å². The third-order valence-corrected chi connectivity index (χ3v) is 3.87. The first-order valence-corrected chi connectivity index (χ1v) is 8.30. The predicted octanol–water partition coefficient (Wildman–Crippen LogP) is 1.92. The lowest BCUT2D eigenvalue weighted by molar-refractivity contribution is -0.120. The summed E-state index contributed by atoms with van der Waals surface area (Å²) in [7, 11) is 1.58. The van der Waals surface area contributed by atoms with E-state index in [1.54, 1.807) is 7.11 Å². The summed E-state index contributed by atoms with van der Waals surface area (Å²) in [4.78, 5) is 12.1. The van der Waals surface area contributed by atoms with Gasteiger partial charge in [0.05, 0.1) is 24.9 Å².